The summed E-state index contributed by atoms with van der Waals surface area (Å²) in [4.78, 5) is 35.1. The number of ether oxygens (including phenoxy) is 5. The standard InChI is InChI=1S/C35H40O8/c1-23(2)33(36)41-19-17-39-31-13-9-28(10-14-31)26(7)21-30(22-27(8)43-35(38)25(5)6)29-11-15-32(16-12-29)40-18-20-42-34(37)24(3)4/h9-16,21-22,24H,1,5,8,17-20H2,2-4,6-7H3/b26-21+,30-22+. The van der Waals surface area contributed by atoms with Crippen LogP contribution >= 0.6 is 0 Å². The van der Waals surface area contributed by atoms with E-state index in [1.807, 2.05) is 49.4 Å². The number of rotatable bonds is 16. The summed E-state index contributed by atoms with van der Waals surface area (Å²) in [6.45, 7) is 20.4. The van der Waals surface area contributed by atoms with E-state index in [1.54, 1.807) is 45.9 Å². The number of hydrogen-bond acceptors (Lipinski definition) is 8. The second-order valence-electron chi connectivity index (χ2n) is 10.0. The Morgan fingerprint density at radius 2 is 1.16 bits per heavy atom. The molecule has 0 radical (unpaired) electrons. The van der Waals surface area contributed by atoms with Crippen molar-refractivity contribution in [3.05, 3.63) is 108 Å². The number of carbonyl (C=O) groups is 3. The molecule has 2 aromatic carbocycles. The van der Waals surface area contributed by atoms with Crippen molar-refractivity contribution in [1.29, 1.82) is 0 Å². The van der Waals surface area contributed by atoms with Crippen molar-refractivity contribution < 1.29 is 38.1 Å². The highest BCUT2D eigenvalue weighted by atomic mass is 16.6. The van der Waals surface area contributed by atoms with Crippen LogP contribution in [0.3, 0.4) is 0 Å². The maximum absolute atomic E-state index is 12.0. The molecule has 228 valence electrons. The van der Waals surface area contributed by atoms with Crippen molar-refractivity contribution in [1.82, 2.24) is 0 Å². The molecule has 0 aliphatic carbocycles. The first kappa shape index (κ1) is 34.4. The van der Waals surface area contributed by atoms with Crippen LogP contribution in [-0.4, -0.2) is 44.3 Å². The molecule has 8 nitrogen and oxygen atoms in total. The van der Waals surface area contributed by atoms with Crippen LogP contribution in [0, 0.1) is 5.92 Å². The van der Waals surface area contributed by atoms with Crippen LogP contribution in [-0.2, 0) is 28.6 Å². The van der Waals surface area contributed by atoms with Crippen molar-refractivity contribution in [3.8, 4) is 11.5 Å². The van der Waals surface area contributed by atoms with Gasteiger partial charge in [-0.25, -0.2) is 9.59 Å². The molecule has 0 aliphatic rings. The highest BCUT2D eigenvalue weighted by molar-refractivity contribution is 5.89. The lowest BCUT2D eigenvalue weighted by molar-refractivity contribution is -0.148. The first-order valence-electron chi connectivity index (χ1n) is 13.8. The first-order valence-corrected chi connectivity index (χ1v) is 13.8. The molecule has 0 N–H and O–H groups in total. The number of benzene rings is 2. The third-order valence-electron chi connectivity index (χ3n) is 5.76. The Hall–Kier alpha value is -4.85. The molecule has 0 aromatic heterocycles. The normalized spacial score (nSPS) is 11.4. The van der Waals surface area contributed by atoms with Crippen LogP contribution < -0.4 is 9.47 Å². The summed E-state index contributed by atoms with van der Waals surface area (Å²) in [5.41, 5.74) is 4.04. The predicted molar refractivity (Wildman–Crippen MR) is 167 cm³/mol. The van der Waals surface area contributed by atoms with E-state index in [2.05, 4.69) is 19.7 Å². The van der Waals surface area contributed by atoms with Gasteiger partial charge in [0.05, 0.1) is 5.92 Å². The van der Waals surface area contributed by atoms with Crippen LogP contribution in [0.25, 0.3) is 11.1 Å². The average Bonchev–Trinajstić information content (AvgIpc) is 2.97. The van der Waals surface area contributed by atoms with Crippen molar-refractivity contribution in [2.24, 2.45) is 5.92 Å². The zero-order valence-electron chi connectivity index (χ0n) is 25.6. The van der Waals surface area contributed by atoms with E-state index >= 15 is 0 Å². The molecule has 0 atom stereocenters. The quantitative estimate of drug-likeness (QED) is 0.0523. The second-order valence-corrected chi connectivity index (χ2v) is 10.0. The lowest BCUT2D eigenvalue weighted by atomic mass is 9.99. The maximum Gasteiger partial charge on any atom is 0.338 e. The Bertz CT molecular complexity index is 1380. The fourth-order valence-electron chi connectivity index (χ4n) is 3.38. The van der Waals surface area contributed by atoms with E-state index < -0.39 is 11.9 Å². The molecule has 0 bridgehead atoms. The molecular weight excluding hydrogens is 548 g/mol. The number of hydrogen-bond donors (Lipinski definition) is 0. The van der Waals surface area contributed by atoms with E-state index in [1.165, 1.54) is 0 Å². The highest BCUT2D eigenvalue weighted by Gasteiger charge is 2.10. The fraction of sp³-hybridized carbons (Fsp3) is 0.286. The van der Waals surface area contributed by atoms with Crippen LogP contribution in [0.4, 0.5) is 0 Å². The van der Waals surface area contributed by atoms with E-state index in [0.29, 0.717) is 17.1 Å². The lowest BCUT2D eigenvalue weighted by Gasteiger charge is -2.12. The van der Waals surface area contributed by atoms with Crippen molar-refractivity contribution in [2.75, 3.05) is 26.4 Å². The Kier molecular flexibility index (Phi) is 13.7. The van der Waals surface area contributed by atoms with Crippen molar-refractivity contribution >= 4 is 29.1 Å². The van der Waals surface area contributed by atoms with Crippen LogP contribution in [0.15, 0.2) is 97.3 Å². The maximum atomic E-state index is 12.0. The van der Waals surface area contributed by atoms with Crippen LogP contribution in [0.5, 0.6) is 11.5 Å². The molecule has 0 saturated heterocycles. The molecular formula is C35H40O8. The molecule has 43 heavy (non-hydrogen) atoms. The molecule has 0 amide bonds. The summed E-state index contributed by atoms with van der Waals surface area (Å²) >= 11 is 0. The molecule has 0 aliphatic heterocycles. The van der Waals surface area contributed by atoms with Gasteiger partial charge < -0.3 is 23.7 Å². The molecule has 0 fully saturated rings. The zero-order chi connectivity index (χ0) is 31.9. The van der Waals surface area contributed by atoms with Gasteiger partial charge in [-0.2, -0.15) is 0 Å². The highest BCUT2D eigenvalue weighted by Crippen LogP contribution is 2.27. The van der Waals surface area contributed by atoms with Crippen molar-refractivity contribution in [2.45, 2.75) is 34.6 Å². The fourth-order valence-corrected chi connectivity index (χ4v) is 3.38. The Balaban J connectivity index is 2.17. The monoisotopic (exact) mass is 588 g/mol. The summed E-state index contributed by atoms with van der Waals surface area (Å²) < 4.78 is 26.9. The topological polar surface area (TPSA) is 97.4 Å². The van der Waals surface area contributed by atoms with Gasteiger partial charge >= 0.3 is 17.9 Å². The third kappa shape index (κ3) is 12.3. The second kappa shape index (κ2) is 17.2. The molecule has 0 saturated carbocycles. The summed E-state index contributed by atoms with van der Waals surface area (Å²) in [6.07, 6.45) is 3.63. The minimum absolute atomic E-state index is 0.121. The molecule has 2 rings (SSSR count). The largest absolute Gasteiger partial charge is 0.490 e. The minimum atomic E-state index is -0.562. The van der Waals surface area contributed by atoms with Gasteiger partial charge in [-0.1, -0.05) is 63.9 Å². The molecule has 0 heterocycles. The summed E-state index contributed by atoms with van der Waals surface area (Å²) in [6, 6.07) is 14.8. The Morgan fingerprint density at radius 1 is 0.674 bits per heavy atom. The van der Waals surface area contributed by atoms with E-state index in [4.69, 9.17) is 23.7 Å². The van der Waals surface area contributed by atoms with Gasteiger partial charge in [-0.15, -0.1) is 0 Å². The number of esters is 3. The van der Waals surface area contributed by atoms with Gasteiger partial charge in [0.25, 0.3) is 0 Å². The summed E-state index contributed by atoms with van der Waals surface area (Å²) in [5, 5.41) is 0. The molecule has 0 spiro atoms. The van der Waals surface area contributed by atoms with E-state index in [-0.39, 0.29) is 49.6 Å². The summed E-state index contributed by atoms with van der Waals surface area (Å²) in [5.74, 6) is -0.0694. The van der Waals surface area contributed by atoms with E-state index in [0.717, 1.165) is 22.3 Å². The molecule has 2 aromatic rings. The van der Waals surface area contributed by atoms with Gasteiger partial charge in [0.2, 0.25) is 0 Å². The van der Waals surface area contributed by atoms with Crippen molar-refractivity contribution in [3.63, 3.8) is 0 Å². The predicted octanol–water partition coefficient (Wildman–Crippen LogP) is 6.88. The number of carbonyl (C=O) groups excluding carboxylic acids is 3. The van der Waals surface area contributed by atoms with Gasteiger partial charge in [0.1, 0.15) is 43.7 Å². The van der Waals surface area contributed by atoms with Gasteiger partial charge in [0, 0.05) is 11.1 Å². The SMILES string of the molecule is C=C(/C=C(\C=C(/C)c1ccc(OCCOC(=O)C(=C)C)cc1)c1ccc(OCCOC(=O)C(C)C)cc1)OC(=O)C(=C)C. The Labute approximate surface area is 253 Å². The lowest BCUT2D eigenvalue weighted by Crippen LogP contribution is -2.16. The average molecular weight is 589 g/mol. The number of allylic oxidation sites excluding steroid dienone is 4. The first-order chi connectivity index (χ1) is 20.4. The van der Waals surface area contributed by atoms with Gasteiger partial charge in [-0.3, -0.25) is 4.79 Å². The molecule has 0 unspecified atom stereocenters. The van der Waals surface area contributed by atoms with Gasteiger partial charge in [0.15, 0.2) is 0 Å². The smallest absolute Gasteiger partial charge is 0.338 e. The van der Waals surface area contributed by atoms with E-state index in [9.17, 15) is 14.4 Å². The zero-order valence-corrected chi connectivity index (χ0v) is 25.6. The van der Waals surface area contributed by atoms with Crippen LogP contribution in [0.1, 0.15) is 45.7 Å². The minimum Gasteiger partial charge on any atom is -0.490 e. The summed E-state index contributed by atoms with van der Waals surface area (Å²) in [7, 11) is 0. The Morgan fingerprint density at radius 3 is 1.65 bits per heavy atom. The third-order valence-corrected chi connectivity index (χ3v) is 5.76. The van der Waals surface area contributed by atoms with Gasteiger partial charge in [-0.05, 0) is 73.4 Å². The van der Waals surface area contributed by atoms with Crippen LogP contribution in [0.2, 0.25) is 0 Å². The molecule has 8 heteroatoms.